The third kappa shape index (κ3) is 2.18. The van der Waals surface area contributed by atoms with Crippen LogP contribution in [0.1, 0.15) is 4.88 Å². The Morgan fingerprint density at radius 2 is 2.36 bits per heavy atom. The lowest BCUT2D eigenvalue weighted by Crippen LogP contribution is -2.22. The third-order valence-electron chi connectivity index (χ3n) is 1.63. The minimum absolute atomic E-state index is 0.0784. The Balaban J connectivity index is 2.30. The standard InChI is InChI=1S/C8H6IN3OS/c9-6-1-8(13)12(11-2-6)4-7-3-10-5-14-7/h1-3,5H,4H2. The van der Waals surface area contributed by atoms with E-state index in [-0.39, 0.29) is 5.56 Å². The fourth-order valence-electron chi connectivity index (χ4n) is 0.998. The van der Waals surface area contributed by atoms with Crippen molar-refractivity contribution in [1.29, 1.82) is 0 Å². The lowest BCUT2D eigenvalue weighted by atomic mass is 10.5. The highest BCUT2D eigenvalue weighted by Crippen LogP contribution is 2.06. The van der Waals surface area contributed by atoms with Gasteiger partial charge in [-0.2, -0.15) is 5.10 Å². The highest BCUT2D eigenvalue weighted by Gasteiger charge is 2.00. The number of aromatic nitrogens is 3. The molecule has 0 aliphatic rings. The van der Waals surface area contributed by atoms with Crippen LogP contribution in [0.5, 0.6) is 0 Å². The van der Waals surface area contributed by atoms with E-state index in [1.165, 1.54) is 16.0 Å². The van der Waals surface area contributed by atoms with Crippen LogP contribution in [-0.2, 0) is 6.54 Å². The van der Waals surface area contributed by atoms with Gasteiger partial charge in [0.25, 0.3) is 5.56 Å². The van der Waals surface area contributed by atoms with E-state index < -0.39 is 0 Å². The summed E-state index contributed by atoms with van der Waals surface area (Å²) in [4.78, 5) is 16.4. The maximum absolute atomic E-state index is 11.4. The average Bonchev–Trinajstić information content (AvgIpc) is 2.62. The highest BCUT2D eigenvalue weighted by molar-refractivity contribution is 14.1. The largest absolute Gasteiger partial charge is 0.268 e. The van der Waals surface area contributed by atoms with Crippen molar-refractivity contribution in [3.05, 3.63) is 42.8 Å². The van der Waals surface area contributed by atoms with Crippen molar-refractivity contribution in [1.82, 2.24) is 14.8 Å². The first-order valence-corrected chi connectivity index (χ1v) is 5.81. The second kappa shape index (κ2) is 4.18. The Kier molecular flexibility index (Phi) is 2.92. The van der Waals surface area contributed by atoms with Crippen molar-refractivity contribution in [2.24, 2.45) is 0 Å². The Bertz CT molecular complexity index is 480. The molecule has 0 radical (unpaired) electrons. The predicted molar refractivity (Wildman–Crippen MR) is 62.4 cm³/mol. The zero-order valence-electron chi connectivity index (χ0n) is 7.05. The molecule has 0 aliphatic carbocycles. The molecule has 0 aliphatic heterocycles. The van der Waals surface area contributed by atoms with E-state index >= 15 is 0 Å². The summed E-state index contributed by atoms with van der Waals surface area (Å²) in [7, 11) is 0. The van der Waals surface area contributed by atoms with Gasteiger partial charge >= 0.3 is 0 Å². The Morgan fingerprint density at radius 1 is 1.50 bits per heavy atom. The molecule has 2 aromatic rings. The molecule has 0 amide bonds. The van der Waals surface area contributed by atoms with Gasteiger partial charge in [0, 0.05) is 20.7 Å². The fraction of sp³-hybridized carbons (Fsp3) is 0.125. The van der Waals surface area contributed by atoms with Crippen LogP contribution in [0.2, 0.25) is 0 Å². The van der Waals surface area contributed by atoms with Gasteiger partial charge < -0.3 is 0 Å². The molecule has 0 saturated carbocycles. The molecule has 0 unspecified atom stereocenters. The molecule has 0 N–H and O–H groups in total. The summed E-state index contributed by atoms with van der Waals surface area (Å²) < 4.78 is 2.28. The van der Waals surface area contributed by atoms with Gasteiger partial charge in [-0.05, 0) is 22.6 Å². The molecular formula is C8H6IN3OS. The van der Waals surface area contributed by atoms with Gasteiger partial charge in [0.1, 0.15) is 0 Å². The summed E-state index contributed by atoms with van der Waals surface area (Å²) in [5.41, 5.74) is 1.66. The maximum Gasteiger partial charge on any atom is 0.268 e. The molecule has 4 nitrogen and oxygen atoms in total. The second-order valence-corrected chi connectivity index (χ2v) is 4.85. The maximum atomic E-state index is 11.4. The molecular weight excluding hydrogens is 313 g/mol. The minimum Gasteiger partial charge on any atom is -0.268 e. The van der Waals surface area contributed by atoms with E-state index in [1.54, 1.807) is 24.0 Å². The molecule has 0 spiro atoms. The Labute approximate surface area is 97.8 Å². The summed E-state index contributed by atoms with van der Waals surface area (Å²) in [5.74, 6) is 0. The van der Waals surface area contributed by atoms with Crippen molar-refractivity contribution in [2.75, 3.05) is 0 Å². The molecule has 0 atom stereocenters. The SMILES string of the molecule is O=c1cc(I)cnn1Cc1cncs1. The average molecular weight is 319 g/mol. The van der Waals surface area contributed by atoms with Crippen LogP contribution in [0.25, 0.3) is 0 Å². The van der Waals surface area contributed by atoms with Gasteiger partial charge in [0.2, 0.25) is 0 Å². The number of rotatable bonds is 2. The first-order chi connectivity index (χ1) is 6.75. The monoisotopic (exact) mass is 319 g/mol. The molecule has 6 heteroatoms. The van der Waals surface area contributed by atoms with Crippen molar-refractivity contribution in [2.45, 2.75) is 6.54 Å². The Hall–Kier alpha value is -0.760. The van der Waals surface area contributed by atoms with Gasteiger partial charge in [0.15, 0.2) is 0 Å². The van der Waals surface area contributed by atoms with Crippen molar-refractivity contribution in [3.63, 3.8) is 0 Å². The van der Waals surface area contributed by atoms with Gasteiger partial charge in [-0.3, -0.25) is 9.78 Å². The molecule has 0 bridgehead atoms. The fourth-order valence-corrected chi connectivity index (χ4v) is 1.96. The van der Waals surface area contributed by atoms with E-state index in [4.69, 9.17) is 0 Å². The van der Waals surface area contributed by atoms with Crippen LogP contribution < -0.4 is 5.56 Å². The van der Waals surface area contributed by atoms with E-state index in [0.29, 0.717) is 6.54 Å². The van der Waals surface area contributed by atoms with Gasteiger partial charge in [0.05, 0.1) is 18.3 Å². The number of nitrogens with zero attached hydrogens (tertiary/aromatic N) is 3. The van der Waals surface area contributed by atoms with E-state index in [1.807, 2.05) is 0 Å². The molecule has 2 heterocycles. The van der Waals surface area contributed by atoms with Crippen LogP contribution in [0.15, 0.2) is 28.8 Å². The summed E-state index contributed by atoms with van der Waals surface area (Å²) in [6.07, 6.45) is 3.42. The van der Waals surface area contributed by atoms with Gasteiger partial charge in [-0.15, -0.1) is 11.3 Å². The second-order valence-electron chi connectivity index (χ2n) is 2.64. The smallest absolute Gasteiger partial charge is 0.268 e. The van der Waals surface area contributed by atoms with Crippen LogP contribution in [-0.4, -0.2) is 14.8 Å². The zero-order chi connectivity index (χ0) is 9.97. The summed E-state index contributed by atoms with van der Waals surface area (Å²) >= 11 is 3.58. The topological polar surface area (TPSA) is 47.8 Å². The van der Waals surface area contributed by atoms with E-state index in [2.05, 4.69) is 32.7 Å². The number of hydrogen-bond acceptors (Lipinski definition) is 4. The van der Waals surface area contributed by atoms with Crippen LogP contribution in [0.4, 0.5) is 0 Å². The predicted octanol–water partition coefficient (Wildman–Crippen LogP) is 1.35. The van der Waals surface area contributed by atoms with Gasteiger partial charge in [-0.1, -0.05) is 0 Å². The van der Waals surface area contributed by atoms with Crippen LogP contribution in [0.3, 0.4) is 0 Å². The lowest BCUT2D eigenvalue weighted by molar-refractivity contribution is 0.642. The number of thiazole rings is 1. The quantitative estimate of drug-likeness (QED) is 0.785. The van der Waals surface area contributed by atoms with Crippen LogP contribution in [0, 0.1) is 3.57 Å². The Morgan fingerprint density at radius 3 is 3.00 bits per heavy atom. The molecule has 0 fully saturated rings. The number of hydrogen-bond donors (Lipinski definition) is 0. The van der Waals surface area contributed by atoms with Gasteiger partial charge in [-0.25, -0.2) is 4.68 Å². The molecule has 72 valence electrons. The van der Waals surface area contributed by atoms with E-state index in [0.717, 1.165) is 8.45 Å². The van der Waals surface area contributed by atoms with E-state index in [9.17, 15) is 4.79 Å². The lowest BCUT2D eigenvalue weighted by Gasteiger charge is -2.00. The van der Waals surface area contributed by atoms with Crippen molar-refractivity contribution >= 4 is 33.9 Å². The third-order valence-corrected chi connectivity index (χ3v) is 2.98. The summed E-state index contributed by atoms with van der Waals surface area (Å²) in [6, 6.07) is 1.56. The molecule has 2 aromatic heterocycles. The highest BCUT2D eigenvalue weighted by atomic mass is 127. The molecule has 0 aromatic carbocycles. The summed E-state index contributed by atoms with van der Waals surface area (Å²) in [5, 5.41) is 4.03. The molecule has 2 rings (SSSR count). The molecule has 0 saturated heterocycles. The molecule has 14 heavy (non-hydrogen) atoms. The van der Waals surface area contributed by atoms with Crippen molar-refractivity contribution < 1.29 is 0 Å². The first-order valence-electron chi connectivity index (χ1n) is 3.86. The number of halogens is 1. The summed E-state index contributed by atoms with van der Waals surface area (Å²) in [6.45, 7) is 0.500. The van der Waals surface area contributed by atoms with Crippen LogP contribution >= 0.6 is 33.9 Å². The normalized spacial score (nSPS) is 10.4. The zero-order valence-corrected chi connectivity index (χ0v) is 10.0. The van der Waals surface area contributed by atoms with Crippen molar-refractivity contribution in [3.8, 4) is 0 Å². The first kappa shape index (κ1) is 9.78. The minimum atomic E-state index is -0.0784.